The smallest absolute Gasteiger partial charge is 0.247 e. The number of ether oxygens (including phenoxy) is 4. The molecule has 1 aromatic heterocycles. The van der Waals surface area contributed by atoms with E-state index in [1.54, 1.807) is 70.3 Å². The van der Waals surface area contributed by atoms with Crippen molar-refractivity contribution in [2.45, 2.75) is 281 Å². The molecule has 0 saturated carbocycles. The number of carbonyl (C=O) groups excluding carboxylic acids is 10. The number of hydrogen-bond donors (Lipinski definition) is 5. The second kappa shape index (κ2) is 53.5. The predicted molar refractivity (Wildman–Crippen MR) is 471 cm³/mol. The lowest BCUT2D eigenvalue weighted by atomic mass is 9.89. The van der Waals surface area contributed by atoms with Gasteiger partial charge in [0.2, 0.25) is 53.2 Å². The molecular weight excluding hydrogens is 1510 g/mol. The maximum absolute atomic E-state index is 13.9. The number of thioether (sulfide) groups is 1. The Bertz CT molecular complexity index is 3370. The summed E-state index contributed by atoms with van der Waals surface area (Å²) < 4.78 is 22.9. The van der Waals surface area contributed by atoms with Gasteiger partial charge in [-0.25, -0.2) is 0 Å². The molecule has 0 radical (unpaired) electrons. The Hall–Kier alpha value is -7.14. The summed E-state index contributed by atoms with van der Waals surface area (Å²) in [6.07, 6.45) is 9.49. The molecule has 2 aliphatic heterocycles. The number of ketones is 1. The van der Waals surface area contributed by atoms with Crippen LogP contribution in [0, 0.1) is 47.3 Å². The maximum Gasteiger partial charge on any atom is 0.247 e. The van der Waals surface area contributed by atoms with Crippen LogP contribution in [0.2, 0.25) is 0 Å². The fourth-order valence-electron chi connectivity index (χ4n) is 15.4. The molecular formula is C90H154N12O14S. The molecule has 0 spiro atoms. The highest BCUT2D eigenvalue weighted by molar-refractivity contribution is 7.98. The number of nitrogens with zero attached hydrogens (tertiary/aromatic N) is 7. The molecule has 0 aliphatic carbocycles. The van der Waals surface area contributed by atoms with Gasteiger partial charge >= 0.3 is 0 Å². The van der Waals surface area contributed by atoms with Crippen molar-refractivity contribution in [2.24, 2.45) is 47.3 Å². The lowest BCUT2D eigenvalue weighted by molar-refractivity contribution is -0.147. The standard InChI is InChI=1S/2C29H56N4O5.C18H23N3O2S.C14H19NO2/c2*1-13-20(6)27(23(38-12)17-24(34)33-16-14-15-22(33)21(7)37-11)32(10)29(36)25(18(2)3)30-28(35)26(19(4)5)31(8)9;1-12(2)17(22)21-16(8-9-24-3)18(23)20-14-10-13-6-4-5-7-15(13)19-11-14;1-10(2)14(17)15-13(11(3)16)9-12-7-5-4-6-8-12/h2*18-23,25-27H,13-17H2,1-12H3,(H,30,35);4-7,10-12,16H,8-9H2,1-3H3,(H,20,23)(H,21,22);4-8,10,13H,9H2,1-3H3,(H,15,17)/t2*20?,21?,22-,23?,25-,26-,27?;;/m00../s1. The van der Waals surface area contributed by atoms with Gasteiger partial charge in [-0.1, -0.05) is 172 Å². The monoisotopic (exact) mass is 1660 g/mol. The zero-order valence-electron chi connectivity index (χ0n) is 77.0. The first-order valence-corrected chi connectivity index (χ1v) is 43.8. The number of rotatable bonds is 42. The molecule has 9 amide bonds. The molecule has 0 bridgehead atoms. The minimum atomic E-state index is -0.682. The maximum atomic E-state index is 13.9. The molecule has 2 fully saturated rings. The van der Waals surface area contributed by atoms with E-state index in [0.717, 1.165) is 60.7 Å². The Morgan fingerprint density at radius 2 is 0.915 bits per heavy atom. The van der Waals surface area contributed by atoms with Crippen LogP contribution in [0.4, 0.5) is 5.69 Å². The van der Waals surface area contributed by atoms with Crippen LogP contribution in [-0.4, -0.2) is 274 Å². The van der Waals surface area contributed by atoms with Gasteiger partial charge in [0.25, 0.3) is 0 Å². The summed E-state index contributed by atoms with van der Waals surface area (Å²) >= 11 is 1.65. The molecule has 5 rings (SSSR count). The van der Waals surface area contributed by atoms with Crippen LogP contribution in [0.25, 0.3) is 10.9 Å². The van der Waals surface area contributed by atoms with Crippen molar-refractivity contribution in [3.05, 3.63) is 72.4 Å². The number of anilines is 1. The number of para-hydroxylation sites is 1. The fraction of sp³-hybridized carbons (Fsp3) is 0.722. The van der Waals surface area contributed by atoms with Crippen LogP contribution in [0.1, 0.15) is 195 Å². The average molecular weight is 1660 g/mol. The number of aromatic nitrogens is 1. The molecule has 3 heterocycles. The molecule has 664 valence electrons. The highest BCUT2D eigenvalue weighted by Gasteiger charge is 2.44. The van der Waals surface area contributed by atoms with Gasteiger partial charge in [-0.15, -0.1) is 0 Å². The van der Waals surface area contributed by atoms with Crippen LogP contribution < -0.4 is 26.6 Å². The van der Waals surface area contributed by atoms with E-state index in [1.165, 1.54) is 6.92 Å². The van der Waals surface area contributed by atoms with E-state index in [9.17, 15) is 47.9 Å². The SMILES string of the molecule is CC(=O)C(Cc1ccccc1)NC(=O)C(C)C.CCC(C)C(C(CC(=O)N1CCC[C@H]1C(C)OC)OC)N(C)C(=O)[C@@H](NC(=O)[C@H](C(C)C)N(C)C)C(C)C.CCC(C)C(C(CC(=O)N1CCC[C@H]1C(C)OC)OC)N(C)C(=O)[C@@H](NC(=O)[C@H](C(C)C)N(C)C)C(C)C.CSCCC(NC(=O)C(C)C)C(=O)Nc1cnc2ccccc2c1. The van der Waals surface area contributed by atoms with Gasteiger partial charge in [0.05, 0.1) is 97.0 Å². The number of nitrogens with one attached hydrogen (secondary N) is 5. The number of fused-ring (bicyclic) bond motifs is 1. The molecule has 2 aromatic carbocycles. The molecule has 16 atom stereocenters. The summed E-state index contributed by atoms with van der Waals surface area (Å²) in [6, 6.07) is 15.8. The van der Waals surface area contributed by atoms with Crippen LogP contribution in [0.3, 0.4) is 0 Å². The average Bonchev–Trinajstić information content (AvgIpc) is 1.69. The summed E-state index contributed by atoms with van der Waals surface area (Å²) in [6.45, 7) is 38.3. The van der Waals surface area contributed by atoms with Gasteiger partial charge in [0.1, 0.15) is 18.1 Å². The van der Waals surface area contributed by atoms with E-state index in [2.05, 4.69) is 59.3 Å². The number of amides is 9. The number of likely N-dealkylation sites (N-methyl/N-ethyl adjacent to an activating group) is 4. The highest BCUT2D eigenvalue weighted by Crippen LogP contribution is 2.31. The van der Waals surface area contributed by atoms with Crippen LogP contribution in [0.15, 0.2) is 66.9 Å². The van der Waals surface area contributed by atoms with Crippen molar-refractivity contribution < 1.29 is 66.9 Å². The predicted octanol–water partition coefficient (Wildman–Crippen LogP) is 11.1. The van der Waals surface area contributed by atoms with Gasteiger partial charge in [-0.05, 0) is 153 Å². The Morgan fingerprint density at radius 3 is 1.26 bits per heavy atom. The van der Waals surface area contributed by atoms with Crippen molar-refractivity contribution in [2.75, 3.05) is 101 Å². The topological polar surface area (TPSA) is 300 Å². The first-order valence-electron chi connectivity index (χ1n) is 42.4. The lowest BCUT2D eigenvalue weighted by Gasteiger charge is -2.41. The third kappa shape index (κ3) is 33.4. The van der Waals surface area contributed by atoms with E-state index in [-0.39, 0.29) is 168 Å². The largest absolute Gasteiger partial charge is 0.380 e. The van der Waals surface area contributed by atoms with Gasteiger partial charge in [0.15, 0.2) is 5.78 Å². The zero-order chi connectivity index (χ0) is 89.0. The molecule has 3 aromatic rings. The summed E-state index contributed by atoms with van der Waals surface area (Å²) in [5.74, 6) is -0.330. The van der Waals surface area contributed by atoms with Crippen molar-refractivity contribution in [1.29, 1.82) is 0 Å². The minimum absolute atomic E-state index is 0.0112. The Kier molecular flexibility index (Phi) is 48.4. The number of likely N-dealkylation sites (tertiary alicyclic amines) is 2. The summed E-state index contributed by atoms with van der Waals surface area (Å²) in [5, 5.41) is 15.5. The van der Waals surface area contributed by atoms with E-state index >= 15 is 0 Å². The summed E-state index contributed by atoms with van der Waals surface area (Å²) in [5.41, 5.74) is 2.56. The van der Waals surface area contributed by atoms with Crippen LogP contribution >= 0.6 is 11.8 Å². The Morgan fingerprint density at radius 1 is 0.513 bits per heavy atom. The number of benzene rings is 2. The van der Waals surface area contributed by atoms with Crippen molar-refractivity contribution >= 4 is 87.3 Å². The summed E-state index contributed by atoms with van der Waals surface area (Å²) in [4.78, 5) is 144. The number of hydrogen-bond acceptors (Lipinski definition) is 18. The molecule has 2 aliphatic rings. The van der Waals surface area contributed by atoms with E-state index in [0.29, 0.717) is 31.6 Å². The van der Waals surface area contributed by atoms with E-state index < -0.39 is 36.4 Å². The van der Waals surface area contributed by atoms with E-state index in [4.69, 9.17) is 18.9 Å². The number of pyridine rings is 1. The van der Waals surface area contributed by atoms with E-state index in [1.807, 2.05) is 212 Å². The second-order valence-corrected chi connectivity index (χ2v) is 35.3. The quantitative estimate of drug-likeness (QED) is 0.0352. The van der Waals surface area contributed by atoms with Crippen LogP contribution in [0.5, 0.6) is 0 Å². The van der Waals surface area contributed by atoms with Gasteiger partial charge in [-0.2, -0.15) is 11.8 Å². The number of methoxy groups -OCH3 is 4. The van der Waals surface area contributed by atoms with Gasteiger partial charge in [-0.3, -0.25) is 62.7 Å². The molecule has 117 heavy (non-hydrogen) atoms. The highest BCUT2D eigenvalue weighted by atomic mass is 32.2. The Balaban J connectivity index is 0.000000551. The lowest BCUT2D eigenvalue weighted by Crippen LogP contribution is -2.59. The Labute approximate surface area is 707 Å². The minimum Gasteiger partial charge on any atom is -0.380 e. The number of Topliss-reactive ketones (excluding diaryl/α,β-unsaturated/α-hetero) is 1. The molecule has 26 nitrogen and oxygen atoms in total. The molecule has 5 N–H and O–H groups in total. The number of carbonyl (C=O) groups is 10. The van der Waals surface area contributed by atoms with Crippen LogP contribution in [-0.2, 0) is 73.3 Å². The first kappa shape index (κ1) is 106. The molecule has 27 heteroatoms. The summed E-state index contributed by atoms with van der Waals surface area (Å²) in [7, 11) is 17.6. The normalized spacial score (nSPS) is 17.8. The van der Waals surface area contributed by atoms with Crippen molar-refractivity contribution in [3.8, 4) is 0 Å². The molecule has 10 unspecified atom stereocenters. The van der Waals surface area contributed by atoms with Gasteiger partial charge < -0.3 is 65.1 Å². The first-order chi connectivity index (χ1) is 55.0. The molecule has 2 saturated heterocycles. The third-order valence-corrected chi connectivity index (χ3v) is 23.5. The third-order valence-electron chi connectivity index (χ3n) is 22.8. The second-order valence-electron chi connectivity index (χ2n) is 34.3. The van der Waals surface area contributed by atoms with Gasteiger partial charge in [0, 0.05) is 72.8 Å². The fourth-order valence-corrected chi connectivity index (χ4v) is 15.9. The zero-order valence-corrected chi connectivity index (χ0v) is 77.8. The van der Waals surface area contributed by atoms with Crippen molar-refractivity contribution in [3.63, 3.8) is 0 Å². The van der Waals surface area contributed by atoms with Crippen molar-refractivity contribution in [1.82, 2.24) is 55.7 Å².